The number of benzene rings is 2. The second-order valence-corrected chi connectivity index (χ2v) is 4.90. The van der Waals surface area contributed by atoms with Gasteiger partial charge in [-0.05, 0) is 42.3 Å². The van der Waals surface area contributed by atoms with Crippen LogP contribution in [0.1, 0.15) is 24.1 Å². The molecule has 0 aliphatic heterocycles. The number of rotatable bonds is 7. The largest absolute Gasteiger partial charge is 0.490 e. The molecule has 21 heavy (non-hydrogen) atoms. The molecule has 0 saturated heterocycles. The standard InChI is InChI=1S/C18H20FNO/c1-3-12-21-18-10-4-15(5-11-18)13-20-14(2)16-6-8-17(19)9-7-16/h3-11,14,20H,1,12-13H2,2H3. The van der Waals surface area contributed by atoms with Gasteiger partial charge in [0.05, 0.1) is 0 Å². The van der Waals surface area contributed by atoms with Crippen LogP contribution in [0.15, 0.2) is 61.2 Å². The van der Waals surface area contributed by atoms with E-state index in [1.165, 1.54) is 17.7 Å². The Bertz CT molecular complexity index is 563. The Morgan fingerprint density at radius 3 is 2.43 bits per heavy atom. The summed E-state index contributed by atoms with van der Waals surface area (Å²) >= 11 is 0. The van der Waals surface area contributed by atoms with Gasteiger partial charge in [-0.15, -0.1) is 0 Å². The molecule has 3 heteroatoms. The lowest BCUT2D eigenvalue weighted by Gasteiger charge is -2.14. The Balaban J connectivity index is 1.87. The average molecular weight is 285 g/mol. The molecule has 1 atom stereocenters. The molecule has 0 radical (unpaired) electrons. The van der Waals surface area contributed by atoms with E-state index in [2.05, 4.69) is 18.8 Å². The van der Waals surface area contributed by atoms with Crippen molar-refractivity contribution in [1.29, 1.82) is 0 Å². The Kier molecular flexibility index (Phi) is 5.52. The second-order valence-electron chi connectivity index (χ2n) is 4.90. The summed E-state index contributed by atoms with van der Waals surface area (Å²) in [6.45, 7) is 6.95. The van der Waals surface area contributed by atoms with Crippen molar-refractivity contribution in [3.8, 4) is 5.75 Å². The first-order valence-corrected chi connectivity index (χ1v) is 7.00. The molecule has 2 aromatic carbocycles. The lowest BCUT2D eigenvalue weighted by atomic mass is 10.1. The van der Waals surface area contributed by atoms with Crippen molar-refractivity contribution in [2.75, 3.05) is 6.61 Å². The zero-order valence-electron chi connectivity index (χ0n) is 12.2. The summed E-state index contributed by atoms with van der Waals surface area (Å²) in [7, 11) is 0. The van der Waals surface area contributed by atoms with E-state index in [1.807, 2.05) is 24.3 Å². The highest BCUT2D eigenvalue weighted by Gasteiger charge is 2.05. The maximum Gasteiger partial charge on any atom is 0.123 e. The van der Waals surface area contributed by atoms with Crippen LogP contribution < -0.4 is 10.1 Å². The smallest absolute Gasteiger partial charge is 0.123 e. The lowest BCUT2D eigenvalue weighted by molar-refractivity contribution is 0.363. The molecular formula is C18H20FNO. The summed E-state index contributed by atoms with van der Waals surface area (Å²) in [5.74, 6) is 0.631. The first kappa shape index (κ1) is 15.3. The van der Waals surface area contributed by atoms with Crippen LogP contribution in [0.3, 0.4) is 0 Å². The Hall–Kier alpha value is -2.13. The molecule has 0 heterocycles. The minimum Gasteiger partial charge on any atom is -0.490 e. The fourth-order valence-electron chi connectivity index (χ4n) is 2.00. The van der Waals surface area contributed by atoms with Crippen molar-refractivity contribution >= 4 is 0 Å². The molecule has 2 nitrogen and oxygen atoms in total. The minimum absolute atomic E-state index is 0.169. The molecule has 0 spiro atoms. The Morgan fingerprint density at radius 1 is 1.14 bits per heavy atom. The number of halogens is 1. The molecule has 0 aliphatic rings. The first-order chi connectivity index (χ1) is 10.2. The van der Waals surface area contributed by atoms with E-state index in [0.717, 1.165) is 17.9 Å². The first-order valence-electron chi connectivity index (χ1n) is 7.00. The van der Waals surface area contributed by atoms with E-state index in [9.17, 15) is 4.39 Å². The van der Waals surface area contributed by atoms with Crippen LogP contribution in [-0.4, -0.2) is 6.61 Å². The summed E-state index contributed by atoms with van der Waals surface area (Å²) in [4.78, 5) is 0. The van der Waals surface area contributed by atoms with E-state index >= 15 is 0 Å². The van der Waals surface area contributed by atoms with Crippen molar-refractivity contribution in [3.63, 3.8) is 0 Å². The number of hydrogen-bond donors (Lipinski definition) is 1. The highest BCUT2D eigenvalue weighted by molar-refractivity contribution is 5.27. The summed E-state index contributed by atoms with van der Waals surface area (Å²) in [6, 6.07) is 14.7. The van der Waals surface area contributed by atoms with Gasteiger partial charge in [-0.3, -0.25) is 0 Å². The summed E-state index contributed by atoms with van der Waals surface area (Å²) in [6.07, 6.45) is 1.72. The second kappa shape index (κ2) is 7.60. The van der Waals surface area contributed by atoms with Gasteiger partial charge in [0.25, 0.3) is 0 Å². The Labute approximate surface area is 125 Å². The minimum atomic E-state index is -0.207. The van der Waals surface area contributed by atoms with Gasteiger partial charge in [0.2, 0.25) is 0 Å². The van der Waals surface area contributed by atoms with Crippen molar-refractivity contribution < 1.29 is 9.13 Å². The van der Waals surface area contributed by atoms with Crippen molar-refractivity contribution in [3.05, 3.63) is 78.1 Å². The van der Waals surface area contributed by atoms with Crippen LogP contribution in [0.4, 0.5) is 4.39 Å². The predicted molar refractivity (Wildman–Crippen MR) is 83.8 cm³/mol. The highest BCUT2D eigenvalue weighted by atomic mass is 19.1. The Morgan fingerprint density at radius 2 is 1.81 bits per heavy atom. The maximum absolute atomic E-state index is 12.9. The molecule has 1 N–H and O–H groups in total. The molecule has 0 fully saturated rings. The average Bonchev–Trinajstić information content (AvgIpc) is 2.52. The molecule has 1 unspecified atom stereocenters. The van der Waals surface area contributed by atoms with Crippen molar-refractivity contribution in [2.45, 2.75) is 19.5 Å². The molecule has 0 aromatic heterocycles. The van der Waals surface area contributed by atoms with Gasteiger partial charge >= 0.3 is 0 Å². The SMILES string of the molecule is C=CCOc1ccc(CNC(C)c2ccc(F)cc2)cc1. The molecule has 0 amide bonds. The topological polar surface area (TPSA) is 21.3 Å². The van der Waals surface area contributed by atoms with Gasteiger partial charge < -0.3 is 10.1 Å². The number of nitrogens with one attached hydrogen (secondary N) is 1. The molecule has 110 valence electrons. The van der Waals surface area contributed by atoms with E-state index < -0.39 is 0 Å². The monoisotopic (exact) mass is 285 g/mol. The van der Waals surface area contributed by atoms with E-state index in [1.54, 1.807) is 18.2 Å². The van der Waals surface area contributed by atoms with Crippen LogP contribution in [-0.2, 0) is 6.54 Å². The number of hydrogen-bond acceptors (Lipinski definition) is 2. The van der Waals surface area contributed by atoms with E-state index in [0.29, 0.717) is 6.61 Å². The maximum atomic E-state index is 12.9. The lowest BCUT2D eigenvalue weighted by Crippen LogP contribution is -2.18. The van der Waals surface area contributed by atoms with Gasteiger partial charge in [-0.25, -0.2) is 4.39 Å². The van der Waals surface area contributed by atoms with Crippen LogP contribution in [0.5, 0.6) is 5.75 Å². The molecule has 0 bridgehead atoms. The molecular weight excluding hydrogens is 265 g/mol. The summed E-state index contributed by atoms with van der Waals surface area (Å²) < 4.78 is 18.3. The fourth-order valence-corrected chi connectivity index (χ4v) is 2.00. The molecule has 2 aromatic rings. The van der Waals surface area contributed by atoms with Gasteiger partial charge in [0, 0.05) is 12.6 Å². The quantitative estimate of drug-likeness (QED) is 0.768. The third-order valence-corrected chi connectivity index (χ3v) is 3.27. The van der Waals surface area contributed by atoms with Crippen LogP contribution in [0.2, 0.25) is 0 Å². The van der Waals surface area contributed by atoms with Gasteiger partial charge in [-0.2, -0.15) is 0 Å². The zero-order chi connectivity index (χ0) is 15.1. The van der Waals surface area contributed by atoms with E-state index in [4.69, 9.17) is 4.74 Å². The van der Waals surface area contributed by atoms with E-state index in [-0.39, 0.29) is 11.9 Å². The van der Waals surface area contributed by atoms with Crippen LogP contribution in [0.25, 0.3) is 0 Å². The van der Waals surface area contributed by atoms with Crippen LogP contribution >= 0.6 is 0 Å². The predicted octanol–water partition coefficient (Wildman–Crippen LogP) is 4.24. The highest BCUT2D eigenvalue weighted by Crippen LogP contribution is 2.15. The van der Waals surface area contributed by atoms with Crippen LogP contribution in [0, 0.1) is 5.82 Å². The number of ether oxygens (including phenoxy) is 1. The normalized spacial score (nSPS) is 11.9. The summed E-state index contributed by atoms with van der Waals surface area (Å²) in [5.41, 5.74) is 2.25. The van der Waals surface area contributed by atoms with Gasteiger partial charge in [-0.1, -0.05) is 36.9 Å². The third kappa shape index (κ3) is 4.72. The third-order valence-electron chi connectivity index (χ3n) is 3.27. The van der Waals surface area contributed by atoms with Crippen molar-refractivity contribution in [2.24, 2.45) is 0 Å². The van der Waals surface area contributed by atoms with Gasteiger partial charge in [0.15, 0.2) is 0 Å². The molecule has 0 aliphatic carbocycles. The molecule has 2 rings (SSSR count). The van der Waals surface area contributed by atoms with Crippen molar-refractivity contribution in [1.82, 2.24) is 5.32 Å². The van der Waals surface area contributed by atoms with Gasteiger partial charge in [0.1, 0.15) is 18.2 Å². The zero-order valence-corrected chi connectivity index (χ0v) is 12.2. The fraction of sp³-hybridized carbons (Fsp3) is 0.222. The molecule has 0 saturated carbocycles. The summed E-state index contributed by atoms with van der Waals surface area (Å²) in [5, 5.41) is 3.42.